The number of esters is 4. The van der Waals surface area contributed by atoms with Crippen LogP contribution in [0.5, 0.6) is 5.75 Å². The third-order valence-electron chi connectivity index (χ3n) is 6.03. The quantitative estimate of drug-likeness (QED) is 0.170. The summed E-state index contributed by atoms with van der Waals surface area (Å²) in [6.45, 7) is 3.24. The summed E-state index contributed by atoms with van der Waals surface area (Å²) in [6.07, 6.45) is -7.03. The minimum Gasteiger partial charge on any atom is -0.595 e. The average Bonchev–Trinajstić information content (AvgIpc) is 2.91. The van der Waals surface area contributed by atoms with E-state index in [0.717, 1.165) is 33.9 Å². The van der Waals surface area contributed by atoms with Crippen LogP contribution < -0.4 is 21.2 Å². The topological polar surface area (TPSA) is 228 Å². The Bertz CT molecular complexity index is 1490. The number of methoxy groups -OCH3 is 1. The van der Waals surface area contributed by atoms with Crippen molar-refractivity contribution in [3.8, 4) is 5.75 Å². The van der Waals surface area contributed by atoms with Crippen molar-refractivity contribution in [2.24, 2.45) is 0 Å². The Labute approximate surface area is 242 Å². The summed E-state index contributed by atoms with van der Waals surface area (Å²) in [7, 11) is 1.28. The van der Waals surface area contributed by atoms with Crippen molar-refractivity contribution in [1.29, 1.82) is 0 Å². The van der Waals surface area contributed by atoms with Gasteiger partial charge < -0.3 is 33.6 Å². The van der Waals surface area contributed by atoms with Gasteiger partial charge >= 0.3 is 29.6 Å². The van der Waals surface area contributed by atoms with Gasteiger partial charge in [-0.3, -0.25) is 28.5 Å². The number of rotatable bonds is 10. The number of nitrogens with one attached hydrogen (secondary N) is 1. The second kappa shape index (κ2) is 14.0. The van der Waals surface area contributed by atoms with E-state index in [4.69, 9.17) is 28.4 Å². The highest BCUT2D eigenvalue weighted by Gasteiger charge is 2.53. The van der Waals surface area contributed by atoms with E-state index in [-0.39, 0.29) is 17.0 Å². The Balaban J connectivity index is 2.15. The summed E-state index contributed by atoms with van der Waals surface area (Å²) in [5.41, 5.74) is -1.96. The van der Waals surface area contributed by atoms with Crippen LogP contribution in [0.4, 0.5) is 5.69 Å². The van der Waals surface area contributed by atoms with Crippen LogP contribution in [0, 0.1) is 5.21 Å². The molecule has 2 N–H and O–H groups in total. The van der Waals surface area contributed by atoms with Gasteiger partial charge in [0, 0.05) is 33.8 Å². The maximum atomic E-state index is 13.7. The molecule has 43 heavy (non-hydrogen) atoms. The Hall–Kier alpha value is -4.65. The lowest BCUT2D eigenvalue weighted by Gasteiger charge is -2.44. The smallest absolute Gasteiger partial charge is 0.350 e. The van der Waals surface area contributed by atoms with Crippen molar-refractivity contribution in [3.05, 3.63) is 56.0 Å². The van der Waals surface area contributed by atoms with Gasteiger partial charge in [0.15, 0.2) is 30.3 Å². The minimum atomic E-state index is -1.70. The van der Waals surface area contributed by atoms with Crippen LogP contribution >= 0.6 is 0 Å². The predicted molar refractivity (Wildman–Crippen MR) is 138 cm³/mol. The van der Waals surface area contributed by atoms with Crippen LogP contribution in [-0.2, 0) is 49.4 Å². The van der Waals surface area contributed by atoms with Gasteiger partial charge in [0.2, 0.25) is 5.69 Å². The SMILES string of the molecule is COc1ccc(Cn2c(=O)cnn([C@@H]3O[C@@H](COC(C)=O)[C@@H](OC(C)=O)[C@H](OC(C)=O)[C@H]3OC(C)=O)c2=O)cc1[NH+]([O-])O. The van der Waals surface area contributed by atoms with Crippen LogP contribution in [0.3, 0.4) is 0 Å². The molecule has 0 aliphatic carbocycles. The van der Waals surface area contributed by atoms with E-state index in [2.05, 4.69) is 5.10 Å². The van der Waals surface area contributed by atoms with Crippen molar-refractivity contribution in [1.82, 2.24) is 14.3 Å². The van der Waals surface area contributed by atoms with Gasteiger partial charge in [-0.1, -0.05) is 6.07 Å². The molecule has 18 nitrogen and oxygen atoms in total. The second-order valence-corrected chi connectivity index (χ2v) is 9.23. The maximum absolute atomic E-state index is 13.7. The van der Waals surface area contributed by atoms with E-state index in [0.29, 0.717) is 9.25 Å². The standard InChI is InChI=1S/C25H30N4O14/c1-12(30)39-11-19-21(40-13(2)31)22(41-14(3)32)23(42-15(4)33)24(43-19)28-25(35)27(20(34)9-26-28)10-16-6-7-18(38-5)17(8-16)29(36)37/h6-9,19,21-24,29,36H,10-11H2,1-5H3/t19-,21+,22-,23+,24+/m0/s1. The molecule has 3 rings (SSSR count). The summed E-state index contributed by atoms with van der Waals surface area (Å²) in [6, 6.07) is 4.01. The van der Waals surface area contributed by atoms with Crippen LogP contribution in [0.15, 0.2) is 34.0 Å². The molecule has 18 heteroatoms. The zero-order valence-electron chi connectivity index (χ0n) is 23.7. The molecular weight excluding hydrogens is 580 g/mol. The number of aromatic nitrogens is 3. The molecule has 1 aromatic carbocycles. The van der Waals surface area contributed by atoms with E-state index in [9.17, 15) is 39.2 Å². The molecule has 2 aromatic rings. The molecule has 1 fully saturated rings. The minimum absolute atomic E-state index is 0.0493. The highest BCUT2D eigenvalue weighted by molar-refractivity contribution is 5.68. The number of benzene rings is 1. The molecule has 1 aliphatic rings. The lowest BCUT2D eigenvalue weighted by atomic mass is 9.97. The van der Waals surface area contributed by atoms with Gasteiger partial charge in [-0.15, -0.1) is 0 Å². The normalized spacial score (nSPS) is 22.2. The first-order chi connectivity index (χ1) is 20.2. The van der Waals surface area contributed by atoms with Crippen LogP contribution in [-0.4, -0.2) is 81.6 Å². The molecule has 1 saturated heterocycles. The third-order valence-corrected chi connectivity index (χ3v) is 6.03. The van der Waals surface area contributed by atoms with E-state index in [1.165, 1.54) is 25.3 Å². The van der Waals surface area contributed by atoms with E-state index in [1.54, 1.807) is 0 Å². The predicted octanol–water partition coefficient (Wildman–Crippen LogP) is -1.88. The molecule has 1 aliphatic heterocycles. The van der Waals surface area contributed by atoms with Gasteiger partial charge in [-0.2, -0.15) is 15.0 Å². The highest BCUT2D eigenvalue weighted by Crippen LogP contribution is 2.33. The van der Waals surface area contributed by atoms with Crippen LogP contribution in [0.25, 0.3) is 0 Å². The Morgan fingerprint density at radius 1 is 0.977 bits per heavy atom. The molecule has 0 amide bonds. The zero-order chi connectivity index (χ0) is 32.0. The zero-order valence-corrected chi connectivity index (χ0v) is 23.7. The lowest BCUT2D eigenvalue weighted by molar-refractivity contribution is -0.991. The van der Waals surface area contributed by atoms with Crippen molar-refractivity contribution < 1.29 is 58.0 Å². The van der Waals surface area contributed by atoms with Crippen molar-refractivity contribution >= 4 is 29.6 Å². The van der Waals surface area contributed by atoms with Gasteiger partial charge in [-0.05, 0) is 11.6 Å². The molecule has 0 radical (unpaired) electrons. The fraction of sp³-hybridized carbons (Fsp3) is 0.480. The summed E-state index contributed by atoms with van der Waals surface area (Å²) in [4.78, 5) is 74.1. The third kappa shape index (κ3) is 8.01. The first kappa shape index (κ1) is 32.9. The molecule has 0 saturated carbocycles. The summed E-state index contributed by atoms with van der Waals surface area (Å²) in [5.74, 6) is -3.32. The highest BCUT2D eigenvalue weighted by atomic mass is 16.8. The number of hydrogen-bond acceptors (Lipinski definition) is 15. The average molecular weight is 611 g/mol. The molecule has 0 spiro atoms. The summed E-state index contributed by atoms with van der Waals surface area (Å²) >= 11 is 0. The van der Waals surface area contributed by atoms with Crippen molar-refractivity contribution in [2.45, 2.75) is 64.9 Å². The Morgan fingerprint density at radius 3 is 2.14 bits per heavy atom. The van der Waals surface area contributed by atoms with E-state index >= 15 is 0 Å². The maximum Gasteiger partial charge on any atom is 0.350 e. The van der Waals surface area contributed by atoms with E-state index in [1.807, 2.05) is 0 Å². The first-order valence-corrected chi connectivity index (χ1v) is 12.6. The Kier molecular flexibility index (Phi) is 10.7. The first-order valence-electron chi connectivity index (χ1n) is 12.6. The fourth-order valence-corrected chi connectivity index (χ4v) is 4.37. The molecule has 0 bridgehead atoms. The van der Waals surface area contributed by atoms with Crippen molar-refractivity contribution in [2.75, 3.05) is 13.7 Å². The second-order valence-electron chi connectivity index (χ2n) is 9.23. The van der Waals surface area contributed by atoms with Gasteiger partial charge in [0.1, 0.15) is 18.9 Å². The number of nitrogens with zero attached hydrogens (tertiary/aromatic N) is 3. The van der Waals surface area contributed by atoms with Gasteiger partial charge in [-0.25, -0.2) is 10.0 Å². The van der Waals surface area contributed by atoms with Gasteiger partial charge in [0.25, 0.3) is 5.56 Å². The van der Waals surface area contributed by atoms with Gasteiger partial charge in [0.05, 0.1) is 13.7 Å². The van der Waals surface area contributed by atoms with E-state index < -0.39 is 84.1 Å². The summed E-state index contributed by atoms with van der Waals surface area (Å²) in [5, 5.41) is 23.7. The van der Waals surface area contributed by atoms with Crippen LogP contribution in [0.2, 0.25) is 0 Å². The van der Waals surface area contributed by atoms with Crippen LogP contribution in [0.1, 0.15) is 39.5 Å². The largest absolute Gasteiger partial charge is 0.595 e. The Morgan fingerprint density at radius 2 is 1.58 bits per heavy atom. The summed E-state index contributed by atoms with van der Waals surface area (Å²) < 4.78 is 33.4. The monoisotopic (exact) mass is 610 g/mol. The molecule has 234 valence electrons. The molecule has 1 unspecified atom stereocenters. The number of quaternary nitrogens is 1. The molecule has 2 heterocycles. The number of ether oxygens (including phenoxy) is 6. The molecule has 1 aromatic heterocycles. The molecule has 6 atom stereocenters. The van der Waals surface area contributed by atoms with Crippen molar-refractivity contribution in [3.63, 3.8) is 0 Å². The fourth-order valence-electron chi connectivity index (χ4n) is 4.37. The lowest BCUT2D eigenvalue weighted by Crippen LogP contribution is -2.99. The number of carbonyl (C=O) groups excluding carboxylic acids is 4. The number of hydrogen-bond donors (Lipinski definition) is 2. The number of carbonyl (C=O) groups is 4. The molecular formula is C25H30N4O14.